The Kier molecular flexibility index (Phi) is 46.3. The van der Waals surface area contributed by atoms with Gasteiger partial charge in [-0.3, -0.25) is 4.79 Å². The molecule has 0 amide bonds. The molecule has 2 fully saturated rings. The van der Waals surface area contributed by atoms with Gasteiger partial charge in [-0.1, -0.05) is 217 Å². The van der Waals surface area contributed by atoms with E-state index in [1.807, 2.05) is 0 Å². The number of aliphatic hydroxyl groups is 7. The number of hydrogen-bond donors (Lipinski definition) is 7. The second kappa shape index (κ2) is 50.0. The summed E-state index contributed by atoms with van der Waals surface area (Å²) in [6.45, 7) is 3.69. The van der Waals surface area contributed by atoms with Gasteiger partial charge in [0, 0.05) is 13.0 Å². The zero-order valence-electron chi connectivity index (χ0n) is 48.7. The Morgan fingerprint density at radius 3 is 1.29 bits per heavy atom. The number of allylic oxidation sites excluding steroid dienone is 6. The zero-order valence-corrected chi connectivity index (χ0v) is 48.7. The second-order valence-corrected chi connectivity index (χ2v) is 22.2. The molecule has 7 N–H and O–H groups in total. The van der Waals surface area contributed by atoms with E-state index in [0.717, 1.165) is 51.4 Å². The maximum atomic E-state index is 13.1. The largest absolute Gasteiger partial charge is 0.457 e. The van der Waals surface area contributed by atoms with Crippen molar-refractivity contribution in [2.45, 2.75) is 325 Å². The highest BCUT2D eigenvalue weighted by molar-refractivity contribution is 5.69. The fourth-order valence-corrected chi connectivity index (χ4v) is 10.0. The third-order valence-corrected chi connectivity index (χ3v) is 15.1. The van der Waals surface area contributed by atoms with Gasteiger partial charge in [0.1, 0.15) is 54.9 Å². The molecule has 14 heteroatoms. The molecule has 14 nitrogen and oxygen atoms in total. The van der Waals surface area contributed by atoms with Crippen molar-refractivity contribution >= 4 is 5.97 Å². The normalized spacial score (nSPS) is 24.5. The van der Waals surface area contributed by atoms with Crippen molar-refractivity contribution in [1.82, 2.24) is 0 Å². The topological polar surface area (TPSA) is 214 Å². The van der Waals surface area contributed by atoms with Crippen LogP contribution in [0, 0.1) is 0 Å². The van der Waals surface area contributed by atoms with Gasteiger partial charge in [0.2, 0.25) is 0 Å². The number of aliphatic hydroxyl groups excluding tert-OH is 7. The van der Waals surface area contributed by atoms with Crippen LogP contribution in [0.4, 0.5) is 0 Å². The predicted octanol–water partition coefficient (Wildman–Crippen LogP) is 12.1. The fourth-order valence-electron chi connectivity index (χ4n) is 10.0. The van der Waals surface area contributed by atoms with E-state index >= 15 is 0 Å². The molecule has 11 unspecified atom stereocenters. The molecule has 452 valence electrons. The van der Waals surface area contributed by atoms with E-state index in [-0.39, 0.29) is 25.6 Å². The lowest BCUT2D eigenvalue weighted by Crippen LogP contribution is -2.61. The molecular formula is C63H116O14. The highest BCUT2D eigenvalue weighted by atomic mass is 16.7. The summed E-state index contributed by atoms with van der Waals surface area (Å²) in [5.41, 5.74) is 0. The van der Waals surface area contributed by atoms with Gasteiger partial charge in [0.05, 0.1) is 26.4 Å². The van der Waals surface area contributed by atoms with Crippen molar-refractivity contribution in [3.8, 4) is 0 Å². The number of carbonyl (C=O) groups is 1. The molecule has 0 aromatic carbocycles. The van der Waals surface area contributed by atoms with Crippen LogP contribution < -0.4 is 0 Å². The number of esters is 1. The molecule has 0 aliphatic carbocycles. The Morgan fingerprint density at radius 2 is 0.805 bits per heavy atom. The molecule has 77 heavy (non-hydrogen) atoms. The van der Waals surface area contributed by atoms with Crippen LogP contribution in [0.5, 0.6) is 0 Å². The van der Waals surface area contributed by atoms with E-state index in [4.69, 9.17) is 28.4 Å². The van der Waals surface area contributed by atoms with Crippen LogP contribution in [-0.4, -0.2) is 142 Å². The molecule has 11 atom stereocenters. The van der Waals surface area contributed by atoms with Crippen LogP contribution in [0.15, 0.2) is 36.5 Å². The number of unbranched alkanes of at least 4 members (excludes halogenated alkanes) is 32. The van der Waals surface area contributed by atoms with Gasteiger partial charge < -0.3 is 64.2 Å². The van der Waals surface area contributed by atoms with Crippen LogP contribution in [0.1, 0.15) is 258 Å². The first kappa shape index (κ1) is 71.3. The molecule has 0 bridgehead atoms. The Bertz CT molecular complexity index is 1410. The maximum absolute atomic E-state index is 13.1. The summed E-state index contributed by atoms with van der Waals surface area (Å²) in [5, 5.41) is 72.4. The molecule has 2 aliphatic heterocycles. The predicted molar refractivity (Wildman–Crippen MR) is 307 cm³/mol. The Balaban J connectivity index is 1.67. The molecular weight excluding hydrogens is 981 g/mol. The van der Waals surface area contributed by atoms with E-state index in [1.165, 1.54) is 180 Å². The number of ether oxygens (including phenoxy) is 6. The van der Waals surface area contributed by atoms with Crippen molar-refractivity contribution in [2.24, 2.45) is 0 Å². The Labute approximate surface area is 468 Å². The molecule has 0 aromatic heterocycles. The van der Waals surface area contributed by atoms with Crippen LogP contribution in [0.25, 0.3) is 0 Å². The molecule has 0 saturated carbocycles. The summed E-state index contributed by atoms with van der Waals surface area (Å²) in [5.74, 6) is -0.375. The van der Waals surface area contributed by atoms with Crippen LogP contribution in [0.3, 0.4) is 0 Å². The lowest BCUT2D eigenvalue weighted by molar-refractivity contribution is -0.332. The van der Waals surface area contributed by atoms with Crippen molar-refractivity contribution < 1.29 is 69.0 Å². The first-order valence-electron chi connectivity index (χ1n) is 31.6. The minimum absolute atomic E-state index is 0.0597. The van der Waals surface area contributed by atoms with Crippen LogP contribution in [-0.2, 0) is 33.2 Å². The Hall–Kier alpha value is -1.79. The smallest absolute Gasteiger partial charge is 0.306 e. The zero-order chi connectivity index (χ0) is 55.8. The average molecular weight is 1100 g/mol. The standard InChI is InChI=1S/C63H116O14/c1-3-5-7-9-11-13-15-17-19-21-23-24-25-26-27-28-29-30-32-34-36-38-40-42-44-46-55(65)75-52(49-72-47-45-43-41-39-37-35-33-31-22-20-18-16-14-12-10-8-6-4-2)50-73-62-61(71)59(69)57(67)54(77-62)51-74-63-60(70)58(68)56(66)53(48-64)76-63/h12,14,18,20-21,23,52-54,56-64,66-71H,3-11,13,15-17,19,22,24-51H2,1-2H3/b14-12-,20-18-,23-21-. The minimum atomic E-state index is -1.71. The molecule has 0 spiro atoms. The molecule has 2 saturated heterocycles. The van der Waals surface area contributed by atoms with E-state index in [2.05, 4.69) is 50.3 Å². The summed E-state index contributed by atoms with van der Waals surface area (Å²) in [6.07, 6.45) is 43.5. The third kappa shape index (κ3) is 36.3. The Morgan fingerprint density at radius 1 is 0.429 bits per heavy atom. The van der Waals surface area contributed by atoms with E-state index in [1.54, 1.807) is 0 Å². The van der Waals surface area contributed by atoms with Crippen molar-refractivity contribution in [2.75, 3.05) is 33.0 Å². The summed E-state index contributed by atoms with van der Waals surface area (Å²) >= 11 is 0. The van der Waals surface area contributed by atoms with E-state index < -0.39 is 80.7 Å². The molecule has 2 aliphatic rings. The summed E-state index contributed by atoms with van der Waals surface area (Å²) < 4.78 is 34.5. The first-order chi connectivity index (χ1) is 37.6. The third-order valence-electron chi connectivity index (χ3n) is 15.1. The fraction of sp³-hybridized carbons (Fsp3) is 0.889. The molecule has 2 heterocycles. The summed E-state index contributed by atoms with van der Waals surface area (Å²) in [4.78, 5) is 13.1. The maximum Gasteiger partial charge on any atom is 0.306 e. The van der Waals surface area contributed by atoms with Gasteiger partial charge in [0.15, 0.2) is 12.6 Å². The quantitative estimate of drug-likeness (QED) is 0.0172. The minimum Gasteiger partial charge on any atom is -0.457 e. The summed E-state index contributed by atoms with van der Waals surface area (Å²) in [6, 6.07) is 0. The average Bonchev–Trinajstić information content (AvgIpc) is 3.43. The second-order valence-electron chi connectivity index (χ2n) is 22.2. The van der Waals surface area contributed by atoms with Gasteiger partial charge >= 0.3 is 5.97 Å². The first-order valence-corrected chi connectivity index (χ1v) is 31.6. The van der Waals surface area contributed by atoms with Crippen LogP contribution >= 0.6 is 0 Å². The van der Waals surface area contributed by atoms with Crippen molar-refractivity contribution in [1.29, 1.82) is 0 Å². The molecule has 0 aromatic rings. The summed E-state index contributed by atoms with van der Waals surface area (Å²) in [7, 11) is 0. The van der Waals surface area contributed by atoms with Crippen molar-refractivity contribution in [3.63, 3.8) is 0 Å². The lowest BCUT2D eigenvalue weighted by atomic mass is 9.98. The molecule has 0 radical (unpaired) electrons. The van der Waals surface area contributed by atoms with Gasteiger partial charge in [-0.15, -0.1) is 0 Å². The van der Waals surface area contributed by atoms with Gasteiger partial charge in [-0.25, -0.2) is 0 Å². The van der Waals surface area contributed by atoms with Gasteiger partial charge in [0.25, 0.3) is 0 Å². The monoisotopic (exact) mass is 1100 g/mol. The van der Waals surface area contributed by atoms with Gasteiger partial charge in [-0.05, 0) is 70.6 Å². The highest BCUT2D eigenvalue weighted by Crippen LogP contribution is 2.27. The lowest BCUT2D eigenvalue weighted by Gasteiger charge is -2.42. The number of rotatable bonds is 52. The highest BCUT2D eigenvalue weighted by Gasteiger charge is 2.47. The number of carbonyl (C=O) groups excluding carboxylic acids is 1. The SMILES string of the molecule is CCCCC/C=C\C/C=C\CCCCCCCCCCOCC(COC1OC(COC2OC(CO)C(O)C(O)C2O)C(O)C(O)C1O)OC(=O)CCCCCCCCCCCCCCC/C=C\CCCCCCCCCC. The molecule has 2 rings (SSSR count). The van der Waals surface area contributed by atoms with E-state index in [9.17, 15) is 40.5 Å². The van der Waals surface area contributed by atoms with Crippen molar-refractivity contribution in [3.05, 3.63) is 36.5 Å². The number of hydrogen-bond acceptors (Lipinski definition) is 14. The van der Waals surface area contributed by atoms with E-state index in [0.29, 0.717) is 13.0 Å². The van der Waals surface area contributed by atoms with Crippen LogP contribution in [0.2, 0.25) is 0 Å². The van der Waals surface area contributed by atoms with Gasteiger partial charge in [-0.2, -0.15) is 0 Å².